The van der Waals surface area contributed by atoms with Crippen molar-refractivity contribution in [3.63, 3.8) is 0 Å². The van der Waals surface area contributed by atoms with Gasteiger partial charge in [-0.2, -0.15) is 0 Å². The van der Waals surface area contributed by atoms with E-state index in [2.05, 4.69) is 17.5 Å². The van der Waals surface area contributed by atoms with Gasteiger partial charge in [0.2, 0.25) is 5.76 Å². The van der Waals surface area contributed by atoms with Crippen LogP contribution < -0.4 is 24.3 Å². The van der Waals surface area contributed by atoms with Crippen molar-refractivity contribution in [3.8, 4) is 23.0 Å². The molecule has 1 amide bonds. The highest BCUT2D eigenvalue weighted by molar-refractivity contribution is 6.35. The second kappa shape index (κ2) is 14.6. The number of nitrogens with zero attached hydrogens (tertiary/aromatic N) is 2. The molecule has 11 nitrogen and oxygen atoms in total. The predicted octanol–water partition coefficient (Wildman–Crippen LogP) is 5.57. The average molecular weight is 651 g/mol. The molecule has 0 radical (unpaired) electrons. The molecule has 4 aromatic rings. The first kappa shape index (κ1) is 32.6. The number of carboxylic acids is 1. The highest BCUT2D eigenvalue weighted by Gasteiger charge is 2.37. The van der Waals surface area contributed by atoms with Gasteiger partial charge in [0, 0.05) is 12.5 Å². The summed E-state index contributed by atoms with van der Waals surface area (Å²) in [5, 5.41) is 16.2. The number of ether oxygens (including phenoxy) is 4. The van der Waals surface area contributed by atoms with Crippen LogP contribution >= 0.6 is 11.6 Å². The van der Waals surface area contributed by atoms with E-state index in [0.29, 0.717) is 29.0 Å². The fraction of sp³-hybridized carbons (Fsp3) is 0.324. The van der Waals surface area contributed by atoms with Gasteiger partial charge in [0.15, 0.2) is 11.5 Å². The summed E-state index contributed by atoms with van der Waals surface area (Å²) in [6.07, 6.45) is 0.842. The zero-order valence-corrected chi connectivity index (χ0v) is 26.7. The van der Waals surface area contributed by atoms with Gasteiger partial charge in [-0.25, -0.2) is 4.79 Å². The number of methoxy groups -OCH3 is 2. The molecule has 12 heteroatoms. The molecule has 0 saturated carbocycles. The molecule has 1 aliphatic heterocycles. The Morgan fingerprint density at radius 1 is 0.978 bits per heavy atom. The molecule has 2 heterocycles. The Morgan fingerprint density at radius 3 is 2.20 bits per heavy atom. The summed E-state index contributed by atoms with van der Waals surface area (Å²) < 4.78 is 28.4. The maximum absolute atomic E-state index is 13.3. The number of amides is 1. The Labute approximate surface area is 272 Å². The number of rotatable bonds is 14. The van der Waals surface area contributed by atoms with Crippen LogP contribution in [0.4, 0.5) is 0 Å². The number of hydrogen-bond donors (Lipinski definition) is 2. The fourth-order valence-corrected chi connectivity index (χ4v) is 5.76. The second-order valence-corrected chi connectivity index (χ2v) is 11.8. The highest BCUT2D eigenvalue weighted by atomic mass is 35.5. The van der Waals surface area contributed by atoms with Gasteiger partial charge in [0.05, 0.1) is 69.6 Å². The highest BCUT2D eigenvalue weighted by Crippen LogP contribution is 2.39. The number of likely N-dealkylation sites (N-methyl/N-ethyl adjacent to an activating group) is 1. The van der Waals surface area contributed by atoms with E-state index in [1.165, 1.54) is 6.07 Å². The van der Waals surface area contributed by atoms with Crippen LogP contribution in [0.5, 0.6) is 23.0 Å². The van der Waals surface area contributed by atoms with Crippen LogP contribution in [-0.2, 0) is 13.2 Å². The van der Waals surface area contributed by atoms with Crippen LogP contribution in [0, 0.1) is 0 Å². The number of carbonyl (C=O) groups excluding carboxylic acids is 1. The van der Waals surface area contributed by atoms with E-state index in [-0.39, 0.29) is 47.1 Å². The van der Waals surface area contributed by atoms with Gasteiger partial charge in [-0.05, 0) is 47.5 Å². The molecule has 1 saturated heterocycles. The number of aromatic carboxylic acids is 1. The molecule has 46 heavy (non-hydrogen) atoms. The largest absolute Gasteiger partial charge is 0.497 e. The summed E-state index contributed by atoms with van der Waals surface area (Å²) in [4.78, 5) is 24.5. The first-order valence-electron chi connectivity index (χ1n) is 14.8. The van der Waals surface area contributed by atoms with Crippen LogP contribution in [0.1, 0.15) is 50.1 Å². The number of carboxylic acid groups (broad SMARTS) is 1. The molecule has 1 aliphatic rings. The zero-order chi connectivity index (χ0) is 32.7. The first-order valence-corrected chi connectivity index (χ1v) is 15.2. The van der Waals surface area contributed by atoms with Gasteiger partial charge < -0.3 is 38.4 Å². The third kappa shape index (κ3) is 7.91. The first-order chi connectivity index (χ1) is 22.2. The third-order valence-corrected chi connectivity index (χ3v) is 8.55. The van der Waals surface area contributed by atoms with Gasteiger partial charge >= 0.3 is 5.97 Å². The van der Waals surface area contributed by atoms with Crippen LogP contribution in [0.15, 0.2) is 71.3 Å². The lowest BCUT2D eigenvalue weighted by atomic mass is 10.1. The summed E-state index contributed by atoms with van der Waals surface area (Å²) >= 11 is 6.82. The van der Waals surface area contributed by atoms with Crippen LogP contribution in [0.2, 0.25) is 5.02 Å². The minimum absolute atomic E-state index is 0.0860. The Hall–Kier alpha value is -4.74. The molecule has 2 N–H and O–H groups in total. The van der Waals surface area contributed by atoms with E-state index in [1.807, 2.05) is 48.5 Å². The smallest absolute Gasteiger partial charge is 0.374 e. The number of quaternary nitrogens is 1. The Balaban J connectivity index is 1.25. The maximum Gasteiger partial charge on any atom is 0.374 e. The SMILES string of the molecule is COc1ccc(COc2ccc(C(=O)NCC[N+]3(C)CC[C@@H](c4cc(C(=O)O)on4)C3)c(Cl)c2OCc2ccc(OC)cc2)cc1. The molecule has 5 rings (SSSR count). The maximum atomic E-state index is 13.3. The van der Waals surface area contributed by atoms with Crippen molar-refractivity contribution in [2.24, 2.45) is 0 Å². The van der Waals surface area contributed by atoms with Gasteiger partial charge in [-0.3, -0.25) is 4.79 Å². The minimum Gasteiger partial charge on any atom is -0.497 e. The number of nitrogens with one attached hydrogen (secondary N) is 1. The fourth-order valence-electron chi connectivity index (χ4n) is 5.47. The quantitative estimate of drug-likeness (QED) is 0.168. The number of hydrogen-bond acceptors (Lipinski definition) is 8. The van der Waals surface area contributed by atoms with Crippen LogP contribution in [0.25, 0.3) is 0 Å². The van der Waals surface area contributed by atoms with E-state index < -0.39 is 5.97 Å². The average Bonchev–Trinajstić information content (AvgIpc) is 3.71. The number of likely N-dealkylation sites (tertiary alicyclic amines) is 1. The van der Waals surface area contributed by atoms with Gasteiger partial charge in [0.25, 0.3) is 5.91 Å². The molecular weight excluding hydrogens is 614 g/mol. The summed E-state index contributed by atoms with van der Waals surface area (Å²) in [5.74, 6) is 0.616. The topological polar surface area (TPSA) is 129 Å². The summed E-state index contributed by atoms with van der Waals surface area (Å²) in [6, 6.07) is 19.8. The summed E-state index contributed by atoms with van der Waals surface area (Å²) in [7, 11) is 5.33. The molecule has 242 valence electrons. The normalized spacial score (nSPS) is 17.3. The molecule has 1 fully saturated rings. The molecule has 0 bridgehead atoms. The lowest BCUT2D eigenvalue weighted by Gasteiger charge is -2.29. The van der Waals surface area contributed by atoms with Crippen molar-refractivity contribution < 1.29 is 42.6 Å². The number of halogens is 1. The summed E-state index contributed by atoms with van der Waals surface area (Å²) in [5.41, 5.74) is 2.73. The molecule has 0 aliphatic carbocycles. The van der Waals surface area contributed by atoms with E-state index in [1.54, 1.807) is 26.4 Å². The van der Waals surface area contributed by atoms with Gasteiger partial charge in [0.1, 0.15) is 24.7 Å². The van der Waals surface area contributed by atoms with Crippen LogP contribution in [-0.4, -0.2) is 74.1 Å². The number of benzene rings is 3. The van der Waals surface area contributed by atoms with Gasteiger partial charge in [-0.15, -0.1) is 0 Å². The molecule has 3 aromatic carbocycles. The Kier molecular flexibility index (Phi) is 10.3. The van der Waals surface area contributed by atoms with Crippen LogP contribution in [0.3, 0.4) is 0 Å². The monoisotopic (exact) mass is 650 g/mol. The summed E-state index contributed by atoms with van der Waals surface area (Å²) in [6.45, 7) is 3.16. The van der Waals surface area contributed by atoms with Gasteiger partial charge in [-0.1, -0.05) is 41.0 Å². The van der Waals surface area contributed by atoms with Crippen molar-refractivity contribution in [1.82, 2.24) is 10.5 Å². The van der Waals surface area contributed by atoms with E-state index in [9.17, 15) is 9.59 Å². The van der Waals surface area contributed by atoms with Crippen molar-refractivity contribution in [1.29, 1.82) is 0 Å². The lowest BCUT2D eigenvalue weighted by Crippen LogP contribution is -2.46. The Bertz CT molecular complexity index is 1660. The van der Waals surface area contributed by atoms with Crippen molar-refractivity contribution in [2.45, 2.75) is 25.6 Å². The third-order valence-electron chi connectivity index (χ3n) is 8.17. The number of carbonyl (C=O) groups is 2. The second-order valence-electron chi connectivity index (χ2n) is 11.4. The zero-order valence-electron chi connectivity index (χ0n) is 26.0. The van der Waals surface area contributed by atoms with E-state index in [0.717, 1.165) is 42.1 Å². The van der Waals surface area contributed by atoms with Crippen molar-refractivity contribution in [2.75, 3.05) is 47.4 Å². The number of aromatic nitrogens is 1. The predicted molar refractivity (Wildman–Crippen MR) is 170 cm³/mol. The Morgan fingerprint density at radius 2 is 1.61 bits per heavy atom. The standard InChI is InChI=1S/C34H36ClN3O8/c1-38(16-14-24(19-38)28-18-30(34(40)41)46-37-28)17-15-36-33(39)27-12-13-29(44-20-22-4-8-25(42-2)9-5-22)32(31(27)35)45-21-23-6-10-26(43-3)11-7-23/h4-13,18,24H,14-17,19-21H2,1-3H3,(H-,36,39,40,41)/p+1/t24-,38?/m1/s1. The van der Waals surface area contributed by atoms with E-state index in [4.69, 9.17) is 40.2 Å². The molecule has 1 unspecified atom stereocenters. The molecular formula is C34H37ClN3O8+. The molecule has 2 atom stereocenters. The van der Waals surface area contributed by atoms with Crippen molar-refractivity contribution in [3.05, 3.63) is 99.9 Å². The molecule has 0 spiro atoms. The van der Waals surface area contributed by atoms with Crippen molar-refractivity contribution >= 4 is 23.5 Å². The molecule has 1 aromatic heterocycles. The lowest BCUT2D eigenvalue weighted by molar-refractivity contribution is -0.897. The van der Waals surface area contributed by atoms with E-state index >= 15 is 0 Å². The minimum atomic E-state index is -1.14.